The molecule has 1 aliphatic carbocycles. The molecule has 1 N–H and O–H groups in total. The number of nitrogens with zero attached hydrogens (tertiary/aromatic N) is 1. The van der Waals surface area contributed by atoms with Crippen LogP contribution in [0.3, 0.4) is 0 Å². The van der Waals surface area contributed by atoms with E-state index in [0.29, 0.717) is 18.9 Å². The summed E-state index contributed by atoms with van der Waals surface area (Å²) >= 11 is 0. The van der Waals surface area contributed by atoms with Crippen LogP contribution in [-0.2, 0) is 9.53 Å². The molecule has 5 heteroatoms. The van der Waals surface area contributed by atoms with E-state index >= 15 is 0 Å². The van der Waals surface area contributed by atoms with E-state index in [2.05, 4.69) is 17.4 Å². The first kappa shape index (κ1) is 16.8. The van der Waals surface area contributed by atoms with Gasteiger partial charge in [0.1, 0.15) is 11.6 Å². The van der Waals surface area contributed by atoms with Crippen LogP contribution in [0.15, 0.2) is 30.3 Å². The van der Waals surface area contributed by atoms with Crippen molar-refractivity contribution in [2.75, 3.05) is 6.54 Å². The Morgan fingerprint density at radius 3 is 2.58 bits per heavy atom. The number of urea groups is 1. The van der Waals surface area contributed by atoms with Crippen LogP contribution >= 0.6 is 0 Å². The standard InChI is InChI=1S/C19H26N2O3/c1-19(2,3)24-17(22)16-10-7-11-21(16)18(23)20-15-12-14(15)13-8-5-4-6-9-13/h4-6,8-9,14-16H,7,10-12H2,1-3H3,(H,20,23). The molecule has 3 unspecified atom stereocenters. The number of hydrogen-bond acceptors (Lipinski definition) is 3. The van der Waals surface area contributed by atoms with Crippen LogP contribution in [0.1, 0.15) is 51.5 Å². The third-order valence-electron chi connectivity index (χ3n) is 4.52. The first-order valence-electron chi connectivity index (χ1n) is 8.70. The van der Waals surface area contributed by atoms with Crippen molar-refractivity contribution in [3.05, 3.63) is 35.9 Å². The molecular formula is C19H26N2O3. The highest BCUT2D eigenvalue weighted by Gasteiger charge is 2.43. The number of rotatable bonds is 3. The van der Waals surface area contributed by atoms with Gasteiger partial charge in [-0.25, -0.2) is 9.59 Å². The number of hydrogen-bond donors (Lipinski definition) is 1. The average molecular weight is 330 g/mol. The maximum absolute atomic E-state index is 12.6. The Labute approximate surface area is 143 Å². The summed E-state index contributed by atoms with van der Waals surface area (Å²) in [6.45, 7) is 6.15. The van der Waals surface area contributed by atoms with E-state index in [1.807, 2.05) is 39.0 Å². The van der Waals surface area contributed by atoms with Crippen LogP contribution in [-0.4, -0.2) is 41.1 Å². The second kappa shape index (κ2) is 6.46. The molecule has 2 aliphatic rings. The van der Waals surface area contributed by atoms with Crippen molar-refractivity contribution in [1.82, 2.24) is 10.2 Å². The van der Waals surface area contributed by atoms with E-state index in [1.165, 1.54) is 5.56 Å². The number of esters is 1. The topological polar surface area (TPSA) is 58.6 Å². The van der Waals surface area contributed by atoms with Gasteiger partial charge in [-0.05, 0) is 45.6 Å². The van der Waals surface area contributed by atoms with Crippen LogP contribution in [0.2, 0.25) is 0 Å². The second-order valence-corrected chi connectivity index (χ2v) is 7.69. The minimum absolute atomic E-state index is 0.146. The van der Waals surface area contributed by atoms with Crippen LogP contribution < -0.4 is 5.32 Å². The fourth-order valence-electron chi connectivity index (χ4n) is 3.29. The molecule has 2 fully saturated rings. The third-order valence-corrected chi connectivity index (χ3v) is 4.52. The molecule has 1 aromatic carbocycles. The number of carbonyl (C=O) groups is 2. The highest BCUT2D eigenvalue weighted by molar-refractivity contribution is 5.84. The Morgan fingerprint density at radius 1 is 1.21 bits per heavy atom. The summed E-state index contributed by atoms with van der Waals surface area (Å²) in [7, 11) is 0. The van der Waals surface area contributed by atoms with E-state index in [-0.39, 0.29) is 18.0 Å². The Kier molecular flexibility index (Phi) is 4.52. The van der Waals surface area contributed by atoms with Crippen molar-refractivity contribution in [2.45, 2.75) is 63.6 Å². The van der Waals surface area contributed by atoms with Gasteiger partial charge in [0.15, 0.2) is 0 Å². The fourth-order valence-corrected chi connectivity index (χ4v) is 3.29. The maximum Gasteiger partial charge on any atom is 0.329 e. The fraction of sp³-hybridized carbons (Fsp3) is 0.579. The SMILES string of the molecule is CC(C)(C)OC(=O)C1CCCN1C(=O)NC1CC1c1ccccc1. The van der Waals surface area contributed by atoms with Gasteiger partial charge in [-0.2, -0.15) is 0 Å². The van der Waals surface area contributed by atoms with Gasteiger partial charge >= 0.3 is 12.0 Å². The Bertz CT molecular complexity index is 609. The molecule has 3 atom stereocenters. The minimum atomic E-state index is -0.531. The highest BCUT2D eigenvalue weighted by Crippen LogP contribution is 2.40. The zero-order valence-corrected chi connectivity index (χ0v) is 14.6. The number of ether oxygens (including phenoxy) is 1. The summed E-state index contributed by atoms with van der Waals surface area (Å²) in [4.78, 5) is 26.5. The van der Waals surface area contributed by atoms with Gasteiger partial charge in [0, 0.05) is 18.5 Å². The van der Waals surface area contributed by atoms with Crippen LogP contribution in [0.5, 0.6) is 0 Å². The number of carbonyl (C=O) groups excluding carboxylic acids is 2. The average Bonchev–Trinajstić information content (AvgIpc) is 3.09. The summed E-state index contributed by atoms with van der Waals surface area (Å²) in [6.07, 6.45) is 2.47. The van der Waals surface area contributed by atoms with Crippen LogP contribution in [0, 0.1) is 0 Å². The largest absolute Gasteiger partial charge is 0.458 e. The van der Waals surface area contributed by atoms with Crippen molar-refractivity contribution < 1.29 is 14.3 Å². The maximum atomic E-state index is 12.6. The summed E-state index contributed by atoms with van der Waals surface area (Å²) in [5, 5.41) is 3.07. The van der Waals surface area contributed by atoms with Gasteiger partial charge in [-0.3, -0.25) is 0 Å². The molecule has 5 nitrogen and oxygen atoms in total. The molecule has 0 bridgehead atoms. The van der Waals surface area contributed by atoms with Gasteiger partial charge < -0.3 is 15.0 Å². The molecule has 1 heterocycles. The van der Waals surface area contributed by atoms with Gasteiger partial charge in [-0.15, -0.1) is 0 Å². The van der Waals surface area contributed by atoms with Crippen LogP contribution in [0.4, 0.5) is 4.79 Å². The lowest BCUT2D eigenvalue weighted by Crippen LogP contribution is -2.48. The molecule has 3 rings (SSSR count). The predicted octanol–water partition coefficient (Wildman–Crippen LogP) is 3.06. The smallest absolute Gasteiger partial charge is 0.329 e. The molecule has 0 spiro atoms. The van der Waals surface area contributed by atoms with E-state index in [4.69, 9.17) is 4.74 Å². The van der Waals surface area contributed by atoms with Gasteiger partial charge in [0.2, 0.25) is 0 Å². The molecule has 24 heavy (non-hydrogen) atoms. The van der Waals surface area contributed by atoms with Crippen molar-refractivity contribution >= 4 is 12.0 Å². The molecule has 1 aliphatic heterocycles. The van der Waals surface area contributed by atoms with Crippen molar-refractivity contribution in [3.63, 3.8) is 0 Å². The molecular weight excluding hydrogens is 304 g/mol. The lowest BCUT2D eigenvalue weighted by molar-refractivity contribution is -0.159. The minimum Gasteiger partial charge on any atom is -0.458 e. The number of amides is 2. The Hall–Kier alpha value is -2.04. The zero-order chi connectivity index (χ0) is 17.3. The van der Waals surface area contributed by atoms with Crippen molar-refractivity contribution in [1.29, 1.82) is 0 Å². The normalized spacial score (nSPS) is 26.1. The van der Waals surface area contributed by atoms with Crippen LogP contribution in [0.25, 0.3) is 0 Å². The number of nitrogens with one attached hydrogen (secondary N) is 1. The monoisotopic (exact) mass is 330 g/mol. The van der Waals surface area contributed by atoms with E-state index in [9.17, 15) is 9.59 Å². The molecule has 0 aromatic heterocycles. The molecule has 2 amide bonds. The van der Waals surface area contributed by atoms with Gasteiger partial charge in [-0.1, -0.05) is 30.3 Å². The lowest BCUT2D eigenvalue weighted by Gasteiger charge is -2.27. The Balaban J connectivity index is 1.56. The van der Waals surface area contributed by atoms with Crippen molar-refractivity contribution in [3.8, 4) is 0 Å². The van der Waals surface area contributed by atoms with Crippen molar-refractivity contribution in [2.24, 2.45) is 0 Å². The summed E-state index contributed by atoms with van der Waals surface area (Å²) < 4.78 is 5.45. The number of likely N-dealkylation sites (tertiary alicyclic amines) is 1. The highest BCUT2D eigenvalue weighted by atomic mass is 16.6. The first-order chi connectivity index (χ1) is 11.3. The summed E-state index contributed by atoms with van der Waals surface area (Å²) in [6, 6.07) is 9.78. The molecule has 1 saturated heterocycles. The molecule has 1 saturated carbocycles. The molecule has 130 valence electrons. The summed E-state index contributed by atoms with van der Waals surface area (Å²) in [5.41, 5.74) is 0.726. The zero-order valence-electron chi connectivity index (χ0n) is 14.6. The van der Waals surface area contributed by atoms with E-state index in [1.54, 1.807) is 4.90 Å². The predicted molar refractivity (Wildman–Crippen MR) is 91.7 cm³/mol. The Morgan fingerprint density at radius 2 is 1.92 bits per heavy atom. The quantitative estimate of drug-likeness (QED) is 0.867. The first-order valence-corrected chi connectivity index (χ1v) is 8.70. The second-order valence-electron chi connectivity index (χ2n) is 7.69. The molecule has 0 radical (unpaired) electrons. The van der Waals surface area contributed by atoms with Gasteiger partial charge in [0.05, 0.1) is 0 Å². The summed E-state index contributed by atoms with van der Waals surface area (Å²) in [5.74, 6) is 0.0864. The number of benzene rings is 1. The van der Waals surface area contributed by atoms with E-state index < -0.39 is 11.6 Å². The lowest BCUT2D eigenvalue weighted by atomic mass is 10.1. The van der Waals surface area contributed by atoms with Gasteiger partial charge in [0.25, 0.3) is 0 Å². The third kappa shape index (κ3) is 3.89. The molecule has 1 aromatic rings. The van der Waals surface area contributed by atoms with E-state index in [0.717, 1.165) is 12.8 Å².